The minimum atomic E-state index is 0.0938. The second-order valence-corrected chi connectivity index (χ2v) is 4.80. The zero-order chi connectivity index (χ0) is 13.8. The van der Waals surface area contributed by atoms with Crippen LogP contribution in [0.5, 0.6) is 0 Å². The molecular weight excluding hydrogens is 230 g/mol. The summed E-state index contributed by atoms with van der Waals surface area (Å²) in [6.45, 7) is 10.9. The maximum atomic E-state index is 11.7. The summed E-state index contributed by atoms with van der Waals surface area (Å²) in [5.74, 6) is 0.716. The zero-order valence-corrected chi connectivity index (χ0v) is 12.1. The van der Waals surface area contributed by atoms with E-state index in [2.05, 4.69) is 24.1 Å². The van der Waals surface area contributed by atoms with E-state index in [4.69, 9.17) is 10.5 Å². The van der Waals surface area contributed by atoms with Gasteiger partial charge in [0.25, 0.3) is 0 Å². The van der Waals surface area contributed by atoms with Crippen LogP contribution < -0.4 is 11.1 Å². The van der Waals surface area contributed by atoms with Crippen molar-refractivity contribution in [2.24, 2.45) is 11.7 Å². The first-order valence-corrected chi connectivity index (χ1v) is 6.87. The molecule has 0 aliphatic heterocycles. The zero-order valence-electron chi connectivity index (χ0n) is 12.1. The summed E-state index contributed by atoms with van der Waals surface area (Å²) >= 11 is 0. The fourth-order valence-electron chi connectivity index (χ4n) is 1.49. The number of likely N-dealkylation sites (N-methyl/N-ethyl adjacent to an activating group) is 1. The van der Waals surface area contributed by atoms with E-state index in [0.717, 1.165) is 26.1 Å². The van der Waals surface area contributed by atoms with Gasteiger partial charge in [-0.05, 0) is 18.9 Å². The molecule has 0 radical (unpaired) electrons. The van der Waals surface area contributed by atoms with Crippen molar-refractivity contribution in [1.82, 2.24) is 10.2 Å². The summed E-state index contributed by atoms with van der Waals surface area (Å²) in [5.41, 5.74) is 5.34. The van der Waals surface area contributed by atoms with E-state index in [1.54, 1.807) is 0 Å². The molecule has 5 heteroatoms. The minimum Gasteiger partial charge on any atom is -0.379 e. The van der Waals surface area contributed by atoms with E-state index in [0.29, 0.717) is 32.2 Å². The Morgan fingerprint density at radius 1 is 1.39 bits per heavy atom. The summed E-state index contributed by atoms with van der Waals surface area (Å²) in [6.07, 6.45) is 1.03. The molecule has 0 saturated carbocycles. The van der Waals surface area contributed by atoms with Crippen molar-refractivity contribution in [3.05, 3.63) is 0 Å². The first-order chi connectivity index (χ1) is 8.60. The van der Waals surface area contributed by atoms with E-state index in [-0.39, 0.29) is 5.91 Å². The maximum absolute atomic E-state index is 11.7. The first kappa shape index (κ1) is 17.4. The summed E-state index contributed by atoms with van der Waals surface area (Å²) in [6, 6.07) is 0. The third-order valence-corrected chi connectivity index (χ3v) is 2.67. The number of nitrogens with one attached hydrogen (secondary N) is 1. The molecular formula is C13H29N3O2. The third-order valence-electron chi connectivity index (χ3n) is 2.67. The van der Waals surface area contributed by atoms with Crippen LogP contribution in [0.2, 0.25) is 0 Å². The van der Waals surface area contributed by atoms with Crippen LogP contribution >= 0.6 is 0 Å². The topological polar surface area (TPSA) is 67.6 Å². The second-order valence-electron chi connectivity index (χ2n) is 4.80. The summed E-state index contributed by atoms with van der Waals surface area (Å²) in [7, 11) is 0. The smallest absolute Gasteiger partial charge is 0.234 e. The van der Waals surface area contributed by atoms with Crippen molar-refractivity contribution >= 4 is 5.91 Å². The predicted molar refractivity (Wildman–Crippen MR) is 74.5 cm³/mol. The fourth-order valence-corrected chi connectivity index (χ4v) is 1.49. The van der Waals surface area contributed by atoms with E-state index in [1.807, 2.05) is 6.92 Å². The van der Waals surface area contributed by atoms with Gasteiger partial charge in [0.1, 0.15) is 0 Å². The van der Waals surface area contributed by atoms with Gasteiger partial charge in [-0.15, -0.1) is 0 Å². The number of hydrogen-bond donors (Lipinski definition) is 2. The molecule has 0 saturated heterocycles. The highest BCUT2D eigenvalue weighted by molar-refractivity contribution is 5.77. The molecule has 5 nitrogen and oxygen atoms in total. The van der Waals surface area contributed by atoms with Gasteiger partial charge in [0.2, 0.25) is 5.91 Å². The van der Waals surface area contributed by atoms with Gasteiger partial charge in [-0.3, -0.25) is 9.69 Å². The van der Waals surface area contributed by atoms with Gasteiger partial charge in [0.15, 0.2) is 0 Å². The van der Waals surface area contributed by atoms with Crippen LogP contribution in [0.4, 0.5) is 0 Å². The Labute approximate surface area is 111 Å². The lowest BCUT2D eigenvalue weighted by Crippen LogP contribution is -2.39. The van der Waals surface area contributed by atoms with Crippen molar-refractivity contribution < 1.29 is 9.53 Å². The van der Waals surface area contributed by atoms with Crippen LogP contribution in [0.1, 0.15) is 27.2 Å². The van der Waals surface area contributed by atoms with Crippen LogP contribution in [-0.4, -0.2) is 56.7 Å². The molecule has 108 valence electrons. The Balaban J connectivity index is 3.65. The molecule has 0 heterocycles. The number of carbonyl (C=O) groups excluding carboxylic acids is 1. The highest BCUT2D eigenvalue weighted by Crippen LogP contribution is 1.96. The van der Waals surface area contributed by atoms with Crippen molar-refractivity contribution in [2.45, 2.75) is 27.2 Å². The molecule has 0 aromatic heterocycles. The van der Waals surface area contributed by atoms with Gasteiger partial charge in [0, 0.05) is 19.6 Å². The Kier molecular flexibility index (Phi) is 11.0. The molecule has 18 heavy (non-hydrogen) atoms. The first-order valence-electron chi connectivity index (χ1n) is 6.87. The second kappa shape index (κ2) is 11.4. The number of rotatable bonds is 11. The van der Waals surface area contributed by atoms with Crippen molar-refractivity contribution in [2.75, 3.05) is 45.9 Å². The molecule has 0 aliphatic rings. The van der Waals surface area contributed by atoms with E-state index >= 15 is 0 Å². The van der Waals surface area contributed by atoms with Crippen LogP contribution in [0.25, 0.3) is 0 Å². The van der Waals surface area contributed by atoms with Gasteiger partial charge in [-0.2, -0.15) is 0 Å². The van der Waals surface area contributed by atoms with Gasteiger partial charge < -0.3 is 15.8 Å². The molecule has 0 aromatic carbocycles. The average molecular weight is 259 g/mol. The molecule has 0 aliphatic carbocycles. The van der Waals surface area contributed by atoms with Crippen molar-refractivity contribution in [1.29, 1.82) is 0 Å². The van der Waals surface area contributed by atoms with Crippen LogP contribution in [-0.2, 0) is 9.53 Å². The number of carbonyl (C=O) groups is 1. The fraction of sp³-hybridized carbons (Fsp3) is 0.923. The lowest BCUT2D eigenvalue weighted by atomic mass is 10.1. The summed E-state index contributed by atoms with van der Waals surface area (Å²) in [4.78, 5) is 13.7. The van der Waals surface area contributed by atoms with Gasteiger partial charge in [-0.1, -0.05) is 20.8 Å². The Morgan fingerprint density at radius 3 is 2.67 bits per heavy atom. The largest absolute Gasteiger partial charge is 0.379 e. The number of ether oxygens (including phenoxy) is 1. The highest BCUT2D eigenvalue weighted by Gasteiger charge is 2.08. The lowest BCUT2D eigenvalue weighted by molar-refractivity contribution is -0.122. The number of nitrogens with zero attached hydrogens (tertiary/aromatic N) is 1. The Bertz CT molecular complexity index is 210. The molecule has 0 atom stereocenters. The van der Waals surface area contributed by atoms with Crippen molar-refractivity contribution in [3.63, 3.8) is 0 Å². The van der Waals surface area contributed by atoms with E-state index in [9.17, 15) is 4.79 Å². The van der Waals surface area contributed by atoms with Gasteiger partial charge in [0.05, 0.1) is 19.8 Å². The van der Waals surface area contributed by atoms with Crippen molar-refractivity contribution in [3.8, 4) is 0 Å². The Morgan fingerprint density at radius 2 is 2.11 bits per heavy atom. The monoisotopic (exact) mass is 259 g/mol. The molecule has 0 rings (SSSR count). The molecule has 3 N–H and O–H groups in total. The molecule has 0 fully saturated rings. The Hall–Kier alpha value is -0.650. The maximum Gasteiger partial charge on any atom is 0.234 e. The molecule has 0 spiro atoms. The lowest BCUT2D eigenvalue weighted by Gasteiger charge is -2.19. The number of amides is 1. The van der Waals surface area contributed by atoms with E-state index in [1.165, 1.54) is 0 Å². The average Bonchev–Trinajstić information content (AvgIpc) is 2.32. The van der Waals surface area contributed by atoms with Crippen LogP contribution in [0, 0.1) is 5.92 Å². The standard InChI is InChI=1S/C13H29N3O2/c1-4-16(8-10-18-9-6-14)11-13(17)15-7-5-12(2)3/h12H,4-11,14H2,1-3H3,(H,15,17). The molecule has 0 unspecified atom stereocenters. The molecule has 1 amide bonds. The summed E-state index contributed by atoms with van der Waals surface area (Å²) < 4.78 is 5.31. The number of nitrogens with two attached hydrogens (primary N) is 1. The molecule has 0 aromatic rings. The van der Waals surface area contributed by atoms with Crippen LogP contribution in [0.3, 0.4) is 0 Å². The van der Waals surface area contributed by atoms with E-state index < -0.39 is 0 Å². The third kappa shape index (κ3) is 10.5. The quantitative estimate of drug-likeness (QED) is 0.529. The SMILES string of the molecule is CCN(CCOCCN)CC(=O)NCCC(C)C. The normalized spacial score (nSPS) is 11.2. The summed E-state index contributed by atoms with van der Waals surface area (Å²) in [5, 5.41) is 2.94. The predicted octanol–water partition coefficient (Wildman–Crippen LogP) is 0.446. The molecule has 0 bridgehead atoms. The van der Waals surface area contributed by atoms with Crippen LogP contribution in [0.15, 0.2) is 0 Å². The highest BCUT2D eigenvalue weighted by atomic mass is 16.5. The van der Waals surface area contributed by atoms with Gasteiger partial charge >= 0.3 is 0 Å². The van der Waals surface area contributed by atoms with Gasteiger partial charge in [-0.25, -0.2) is 0 Å². The minimum absolute atomic E-state index is 0.0938. The number of hydrogen-bond acceptors (Lipinski definition) is 4.